The Kier molecular flexibility index (Phi) is 3.63. The zero-order chi connectivity index (χ0) is 14.0. The van der Waals surface area contributed by atoms with Gasteiger partial charge in [0.2, 0.25) is 0 Å². The second-order valence-corrected chi connectivity index (χ2v) is 6.63. The Balaban J connectivity index is 2.41. The van der Waals surface area contributed by atoms with Crippen molar-refractivity contribution in [2.24, 2.45) is 0 Å². The molecule has 0 aliphatic heterocycles. The minimum absolute atomic E-state index is 0.222. The number of aromatic carboxylic acids is 1. The van der Waals surface area contributed by atoms with Crippen LogP contribution in [0.3, 0.4) is 0 Å². The molecule has 0 spiro atoms. The van der Waals surface area contributed by atoms with Crippen molar-refractivity contribution in [3.63, 3.8) is 0 Å². The van der Waals surface area contributed by atoms with Crippen LogP contribution in [-0.4, -0.2) is 24.5 Å². The van der Waals surface area contributed by atoms with Gasteiger partial charge in [-0.1, -0.05) is 0 Å². The van der Waals surface area contributed by atoms with Crippen LogP contribution in [0.1, 0.15) is 15.2 Å². The number of rotatable bonds is 4. The molecule has 0 aliphatic carbocycles. The fourth-order valence-corrected chi connectivity index (χ4v) is 3.75. The maximum atomic E-state index is 13.2. The highest BCUT2D eigenvalue weighted by molar-refractivity contribution is 7.90. The van der Waals surface area contributed by atoms with Crippen molar-refractivity contribution in [1.29, 1.82) is 0 Å². The number of hydrogen-bond donors (Lipinski definition) is 1. The van der Waals surface area contributed by atoms with Crippen molar-refractivity contribution in [1.82, 2.24) is 4.98 Å². The number of carboxylic acids is 1. The van der Waals surface area contributed by atoms with Gasteiger partial charge in [0.05, 0.1) is 21.7 Å². The van der Waals surface area contributed by atoms with E-state index in [1.54, 1.807) is 0 Å². The molecule has 0 radical (unpaired) electrons. The standard InChI is InChI=1S/C11H8FNO4S2/c12-10-2-1-8(3-9(10)11(14)15)19(16,17)5-7-4-13-6-18-7/h1-4,6H,5H2,(H,14,15). The van der Waals surface area contributed by atoms with Crippen molar-refractivity contribution >= 4 is 27.1 Å². The normalized spacial score (nSPS) is 11.4. The van der Waals surface area contributed by atoms with Crippen molar-refractivity contribution in [3.8, 4) is 0 Å². The summed E-state index contributed by atoms with van der Waals surface area (Å²) in [5.41, 5.74) is 0.837. The van der Waals surface area contributed by atoms with E-state index in [4.69, 9.17) is 5.11 Å². The zero-order valence-corrected chi connectivity index (χ0v) is 11.0. The Labute approximate surface area is 112 Å². The first-order valence-electron chi connectivity index (χ1n) is 5.03. The van der Waals surface area contributed by atoms with Crippen molar-refractivity contribution in [2.75, 3.05) is 0 Å². The van der Waals surface area contributed by atoms with Crippen LogP contribution in [-0.2, 0) is 15.6 Å². The lowest BCUT2D eigenvalue weighted by Crippen LogP contribution is -2.07. The summed E-state index contributed by atoms with van der Waals surface area (Å²) in [6.07, 6.45) is 1.42. The summed E-state index contributed by atoms with van der Waals surface area (Å²) in [5, 5.41) is 8.77. The van der Waals surface area contributed by atoms with Gasteiger partial charge in [0.25, 0.3) is 0 Å². The van der Waals surface area contributed by atoms with Gasteiger partial charge in [-0.15, -0.1) is 11.3 Å². The third-order valence-electron chi connectivity index (χ3n) is 2.34. The molecule has 2 aromatic rings. The largest absolute Gasteiger partial charge is 0.478 e. The lowest BCUT2D eigenvalue weighted by Gasteiger charge is -2.04. The van der Waals surface area contributed by atoms with Gasteiger partial charge in [0, 0.05) is 11.1 Å². The third kappa shape index (κ3) is 2.96. The fraction of sp³-hybridized carbons (Fsp3) is 0.0909. The molecule has 0 fully saturated rings. The van der Waals surface area contributed by atoms with Crippen molar-refractivity contribution in [3.05, 3.63) is 46.2 Å². The molecule has 0 saturated carbocycles. The van der Waals surface area contributed by atoms with Crippen LogP contribution in [0.25, 0.3) is 0 Å². The molecular formula is C11H8FNO4S2. The predicted octanol–water partition coefficient (Wildman–Crippen LogP) is 1.95. The monoisotopic (exact) mass is 301 g/mol. The topological polar surface area (TPSA) is 84.3 Å². The maximum absolute atomic E-state index is 13.2. The highest BCUT2D eigenvalue weighted by atomic mass is 32.2. The SMILES string of the molecule is O=C(O)c1cc(S(=O)(=O)Cc2cncs2)ccc1F. The first-order valence-corrected chi connectivity index (χ1v) is 7.56. The molecule has 1 aromatic heterocycles. The molecule has 0 aliphatic rings. The number of carbonyl (C=O) groups is 1. The molecule has 8 heteroatoms. The Morgan fingerprint density at radius 2 is 2.16 bits per heavy atom. The minimum atomic E-state index is -3.72. The Bertz CT molecular complexity index is 710. The van der Waals surface area contributed by atoms with Gasteiger partial charge in [-0.3, -0.25) is 4.98 Å². The summed E-state index contributed by atoms with van der Waals surface area (Å²) in [6, 6.07) is 2.72. The van der Waals surface area contributed by atoms with Gasteiger partial charge in [0.15, 0.2) is 9.84 Å². The quantitative estimate of drug-likeness (QED) is 0.873. The molecule has 1 heterocycles. The van der Waals surface area contributed by atoms with Crippen LogP contribution in [0.2, 0.25) is 0 Å². The molecule has 2 rings (SSSR count). The number of aromatic nitrogens is 1. The van der Waals surface area contributed by atoms with Crippen LogP contribution in [0.15, 0.2) is 34.8 Å². The summed E-state index contributed by atoms with van der Waals surface area (Å²) in [5.74, 6) is -2.76. The molecule has 0 atom stereocenters. The van der Waals surface area contributed by atoms with E-state index in [1.807, 2.05) is 0 Å². The van der Waals surface area contributed by atoms with Crippen LogP contribution in [0, 0.1) is 5.82 Å². The van der Waals surface area contributed by atoms with Crippen molar-refractivity contribution in [2.45, 2.75) is 10.6 Å². The minimum Gasteiger partial charge on any atom is -0.478 e. The second kappa shape index (κ2) is 5.06. The summed E-state index contributed by atoms with van der Waals surface area (Å²) in [6.45, 7) is 0. The second-order valence-electron chi connectivity index (χ2n) is 3.67. The van der Waals surface area contributed by atoms with Crippen LogP contribution < -0.4 is 0 Å². The van der Waals surface area contributed by atoms with E-state index in [2.05, 4.69) is 4.98 Å². The Morgan fingerprint density at radius 1 is 1.42 bits per heavy atom. The number of sulfone groups is 1. The summed E-state index contributed by atoms with van der Waals surface area (Å²) < 4.78 is 37.3. The number of halogens is 1. The fourth-order valence-electron chi connectivity index (χ4n) is 1.45. The summed E-state index contributed by atoms with van der Waals surface area (Å²) in [7, 11) is -3.72. The molecule has 1 N–H and O–H groups in total. The zero-order valence-electron chi connectivity index (χ0n) is 9.41. The first kappa shape index (κ1) is 13.6. The highest BCUT2D eigenvalue weighted by Gasteiger charge is 2.20. The molecular weight excluding hydrogens is 293 g/mol. The molecule has 0 bridgehead atoms. The molecule has 1 aromatic carbocycles. The van der Waals surface area contributed by atoms with Gasteiger partial charge in [-0.05, 0) is 18.2 Å². The molecule has 0 amide bonds. The molecule has 100 valence electrons. The van der Waals surface area contributed by atoms with E-state index in [0.717, 1.165) is 18.2 Å². The van der Waals surface area contributed by atoms with Crippen LogP contribution in [0.4, 0.5) is 4.39 Å². The van der Waals surface area contributed by atoms with Gasteiger partial charge in [0.1, 0.15) is 5.82 Å². The lowest BCUT2D eigenvalue weighted by molar-refractivity contribution is 0.0691. The van der Waals surface area contributed by atoms with E-state index >= 15 is 0 Å². The average Bonchev–Trinajstić information content (AvgIpc) is 2.80. The number of hydrogen-bond acceptors (Lipinski definition) is 5. The molecule has 19 heavy (non-hydrogen) atoms. The predicted molar refractivity (Wildman–Crippen MR) is 66.4 cm³/mol. The number of thiazole rings is 1. The molecule has 0 unspecified atom stereocenters. The van der Waals surface area contributed by atoms with Gasteiger partial charge < -0.3 is 5.11 Å². The summed E-state index contributed by atoms with van der Waals surface area (Å²) in [4.78, 5) is 14.8. The van der Waals surface area contributed by atoms with Gasteiger partial charge in [-0.2, -0.15) is 0 Å². The van der Waals surface area contributed by atoms with Crippen LogP contribution >= 0.6 is 11.3 Å². The highest BCUT2D eigenvalue weighted by Crippen LogP contribution is 2.21. The van der Waals surface area contributed by atoms with Crippen LogP contribution in [0.5, 0.6) is 0 Å². The number of benzene rings is 1. The number of carboxylic acid groups (broad SMARTS) is 1. The third-order valence-corrected chi connectivity index (χ3v) is 4.97. The van der Waals surface area contributed by atoms with Gasteiger partial charge >= 0.3 is 5.97 Å². The van der Waals surface area contributed by atoms with Gasteiger partial charge in [-0.25, -0.2) is 17.6 Å². The van der Waals surface area contributed by atoms with E-state index in [1.165, 1.54) is 23.0 Å². The Morgan fingerprint density at radius 3 is 2.74 bits per heavy atom. The van der Waals surface area contributed by atoms with E-state index in [-0.39, 0.29) is 10.6 Å². The lowest BCUT2D eigenvalue weighted by atomic mass is 10.2. The van der Waals surface area contributed by atoms with E-state index in [9.17, 15) is 17.6 Å². The molecule has 0 saturated heterocycles. The first-order chi connectivity index (χ1) is 8.90. The number of nitrogens with zero attached hydrogens (tertiary/aromatic N) is 1. The summed E-state index contributed by atoms with van der Waals surface area (Å²) >= 11 is 1.18. The maximum Gasteiger partial charge on any atom is 0.338 e. The van der Waals surface area contributed by atoms with Crippen molar-refractivity contribution < 1.29 is 22.7 Å². The Hall–Kier alpha value is -1.80. The molecule has 5 nitrogen and oxygen atoms in total. The van der Waals surface area contributed by atoms with E-state index < -0.39 is 27.2 Å². The average molecular weight is 301 g/mol. The smallest absolute Gasteiger partial charge is 0.338 e. The van der Waals surface area contributed by atoms with E-state index in [0.29, 0.717) is 4.88 Å².